The molecule has 1 amide bonds. The Morgan fingerprint density at radius 1 is 1.53 bits per heavy atom. The molecule has 0 unspecified atom stereocenters. The number of nitrogens with one attached hydrogen (secondary N) is 1. The van der Waals surface area contributed by atoms with E-state index in [2.05, 4.69) is 15.6 Å². The Bertz CT molecular complexity index is 582. The molecule has 0 bridgehead atoms. The number of halogens is 1. The Balaban J connectivity index is 2.17. The van der Waals surface area contributed by atoms with E-state index in [1.807, 2.05) is 13.8 Å². The van der Waals surface area contributed by atoms with E-state index in [9.17, 15) is 9.18 Å². The van der Waals surface area contributed by atoms with E-state index in [0.29, 0.717) is 5.69 Å². The van der Waals surface area contributed by atoms with Gasteiger partial charge < -0.3 is 5.32 Å². The molecule has 1 aromatic heterocycles. The highest BCUT2D eigenvalue weighted by molar-refractivity contribution is 5.92. The van der Waals surface area contributed by atoms with Gasteiger partial charge in [0.15, 0.2) is 5.69 Å². The van der Waals surface area contributed by atoms with Gasteiger partial charge in [-0.3, -0.25) is 4.79 Å². The van der Waals surface area contributed by atoms with Crippen molar-refractivity contribution in [1.29, 1.82) is 0 Å². The Morgan fingerprint density at radius 3 is 3.00 bits per heavy atom. The Hall–Kier alpha value is -2.24. The molecule has 2 rings (SSSR count). The van der Waals surface area contributed by atoms with Crippen molar-refractivity contribution in [3.8, 4) is 5.69 Å². The molecule has 0 aliphatic heterocycles. The zero-order valence-corrected chi connectivity index (χ0v) is 10.8. The van der Waals surface area contributed by atoms with Gasteiger partial charge in [0, 0.05) is 6.04 Å². The van der Waals surface area contributed by atoms with E-state index in [0.717, 1.165) is 6.42 Å². The Morgan fingerprint density at radius 2 is 2.32 bits per heavy atom. The van der Waals surface area contributed by atoms with E-state index < -0.39 is 0 Å². The van der Waals surface area contributed by atoms with Gasteiger partial charge in [-0.05, 0) is 31.5 Å². The van der Waals surface area contributed by atoms with Crippen molar-refractivity contribution in [3.63, 3.8) is 0 Å². The molecule has 6 heteroatoms. The zero-order valence-electron chi connectivity index (χ0n) is 10.8. The van der Waals surface area contributed by atoms with Gasteiger partial charge in [0.25, 0.3) is 5.91 Å². The third-order valence-electron chi connectivity index (χ3n) is 2.79. The van der Waals surface area contributed by atoms with Crippen molar-refractivity contribution in [2.75, 3.05) is 0 Å². The molecule has 0 fully saturated rings. The maximum atomic E-state index is 13.1. The highest BCUT2D eigenvalue weighted by Gasteiger charge is 2.13. The lowest BCUT2D eigenvalue weighted by Gasteiger charge is -2.08. The molecule has 19 heavy (non-hydrogen) atoms. The first-order chi connectivity index (χ1) is 9.10. The molecule has 0 spiro atoms. The van der Waals surface area contributed by atoms with Crippen molar-refractivity contribution >= 4 is 5.91 Å². The van der Waals surface area contributed by atoms with E-state index in [-0.39, 0.29) is 23.5 Å². The lowest BCUT2D eigenvalue weighted by Crippen LogP contribution is -2.32. The normalized spacial score (nSPS) is 12.2. The third kappa shape index (κ3) is 3.15. The fourth-order valence-corrected chi connectivity index (χ4v) is 1.51. The first-order valence-corrected chi connectivity index (χ1v) is 6.09. The molecule has 1 aromatic carbocycles. The van der Waals surface area contributed by atoms with Gasteiger partial charge in [-0.25, -0.2) is 9.07 Å². The van der Waals surface area contributed by atoms with Crippen LogP contribution in [0.25, 0.3) is 5.69 Å². The van der Waals surface area contributed by atoms with Crippen LogP contribution < -0.4 is 5.32 Å². The molecule has 0 aliphatic carbocycles. The lowest BCUT2D eigenvalue weighted by atomic mass is 10.2. The van der Waals surface area contributed by atoms with Crippen molar-refractivity contribution < 1.29 is 9.18 Å². The molecule has 0 saturated carbocycles. The predicted octanol–water partition coefficient (Wildman–Crippen LogP) is 1.93. The maximum absolute atomic E-state index is 13.1. The summed E-state index contributed by atoms with van der Waals surface area (Å²) in [7, 11) is 0. The number of amides is 1. The van der Waals surface area contributed by atoms with Crippen LogP contribution in [0.4, 0.5) is 4.39 Å². The number of aromatic nitrogens is 3. The fraction of sp³-hybridized carbons (Fsp3) is 0.308. The van der Waals surface area contributed by atoms with Crippen LogP contribution in [0.2, 0.25) is 0 Å². The molecule has 2 aromatic rings. The monoisotopic (exact) mass is 262 g/mol. The van der Waals surface area contributed by atoms with Gasteiger partial charge in [-0.2, -0.15) is 0 Å². The Kier molecular flexibility index (Phi) is 3.89. The fourth-order valence-electron chi connectivity index (χ4n) is 1.51. The molecule has 0 saturated heterocycles. The SMILES string of the molecule is CC[C@@H](C)NC(=O)c1cn(-c2cccc(F)c2)nn1. The van der Waals surface area contributed by atoms with Gasteiger partial charge >= 0.3 is 0 Å². The predicted molar refractivity (Wildman–Crippen MR) is 68.5 cm³/mol. The molecular formula is C13H15FN4O. The van der Waals surface area contributed by atoms with Crippen LogP contribution in [0.15, 0.2) is 30.5 Å². The van der Waals surface area contributed by atoms with E-state index in [1.165, 1.54) is 23.0 Å². The number of benzene rings is 1. The highest BCUT2D eigenvalue weighted by Crippen LogP contribution is 2.08. The number of rotatable bonds is 4. The minimum atomic E-state index is -0.362. The average molecular weight is 262 g/mol. The number of carbonyl (C=O) groups is 1. The smallest absolute Gasteiger partial charge is 0.273 e. The van der Waals surface area contributed by atoms with Crippen LogP contribution in [0.5, 0.6) is 0 Å². The van der Waals surface area contributed by atoms with Gasteiger partial charge in [0.05, 0.1) is 11.9 Å². The van der Waals surface area contributed by atoms with Crippen LogP contribution in [-0.2, 0) is 0 Å². The summed E-state index contributed by atoms with van der Waals surface area (Å²) in [5.74, 6) is -0.643. The number of carbonyl (C=O) groups excluding carboxylic acids is 1. The van der Waals surface area contributed by atoms with Crippen LogP contribution in [0.1, 0.15) is 30.8 Å². The van der Waals surface area contributed by atoms with Crippen LogP contribution >= 0.6 is 0 Å². The largest absolute Gasteiger partial charge is 0.348 e. The quantitative estimate of drug-likeness (QED) is 0.916. The maximum Gasteiger partial charge on any atom is 0.273 e. The molecular weight excluding hydrogens is 247 g/mol. The summed E-state index contributed by atoms with van der Waals surface area (Å²) in [5, 5.41) is 10.4. The van der Waals surface area contributed by atoms with Gasteiger partial charge in [-0.15, -0.1) is 5.10 Å². The summed E-state index contributed by atoms with van der Waals surface area (Å²) >= 11 is 0. The van der Waals surface area contributed by atoms with Crippen molar-refractivity contribution in [2.45, 2.75) is 26.3 Å². The van der Waals surface area contributed by atoms with Gasteiger partial charge in [0.1, 0.15) is 5.82 Å². The molecule has 5 nitrogen and oxygen atoms in total. The average Bonchev–Trinajstić information content (AvgIpc) is 2.88. The molecule has 1 heterocycles. The van der Waals surface area contributed by atoms with Crippen molar-refractivity contribution in [2.24, 2.45) is 0 Å². The topological polar surface area (TPSA) is 59.8 Å². The summed E-state index contributed by atoms with van der Waals surface area (Å²) in [6.45, 7) is 3.89. The van der Waals surface area contributed by atoms with Crippen molar-refractivity contribution in [1.82, 2.24) is 20.3 Å². The second-order valence-corrected chi connectivity index (χ2v) is 4.31. The number of hydrogen-bond donors (Lipinski definition) is 1. The first kappa shape index (κ1) is 13.2. The summed E-state index contributed by atoms with van der Waals surface area (Å²) < 4.78 is 14.5. The molecule has 1 N–H and O–H groups in total. The van der Waals surface area contributed by atoms with E-state index in [4.69, 9.17) is 0 Å². The second kappa shape index (κ2) is 5.60. The van der Waals surface area contributed by atoms with E-state index in [1.54, 1.807) is 12.1 Å². The van der Waals surface area contributed by atoms with Crippen LogP contribution in [0, 0.1) is 5.82 Å². The van der Waals surface area contributed by atoms with Crippen LogP contribution in [-0.4, -0.2) is 26.9 Å². The molecule has 0 radical (unpaired) electrons. The van der Waals surface area contributed by atoms with Gasteiger partial charge in [0.2, 0.25) is 0 Å². The summed E-state index contributed by atoms with van der Waals surface area (Å²) in [6, 6.07) is 6.01. The van der Waals surface area contributed by atoms with Gasteiger partial charge in [-0.1, -0.05) is 18.2 Å². The molecule has 100 valence electrons. The van der Waals surface area contributed by atoms with E-state index >= 15 is 0 Å². The lowest BCUT2D eigenvalue weighted by molar-refractivity contribution is 0.0934. The zero-order chi connectivity index (χ0) is 13.8. The highest BCUT2D eigenvalue weighted by atomic mass is 19.1. The third-order valence-corrected chi connectivity index (χ3v) is 2.79. The van der Waals surface area contributed by atoms with Crippen LogP contribution in [0.3, 0.4) is 0 Å². The van der Waals surface area contributed by atoms with Crippen molar-refractivity contribution in [3.05, 3.63) is 42.0 Å². The minimum absolute atomic E-state index is 0.0758. The summed E-state index contributed by atoms with van der Waals surface area (Å²) in [5.41, 5.74) is 0.736. The first-order valence-electron chi connectivity index (χ1n) is 6.09. The number of hydrogen-bond acceptors (Lipinski definition) is 3. The summed E-state index contributed by atoms with van der Waals surface area (Å²) in [6.07, 6.45) is 2.32. The number of nitrogens with zero attached hydrogens (tertiary/aromatic N) is 3. The molecule has 0 aliphatic rings. The summed E-state index contributed by atoms with van der Waals surface area (Å²) in [4.78, 5) is 11.8. The molecule has 1 atom stereocenters. The minimum Gasteiger partial charge on any atom is -0.348 e. The second-order valence-electron chi connectivity index (χ2n) is 4.31. The standard InChI is InChI=1S/C13H15FN4O/c1-3-9(2)15-13(19)12-8-18(17-16-12)11-6-4-5-10(14)7-11/h4-9H,3H2,1-2H3,(H,15,19)/t9-/m1/s1. The Labute approximate surface area is 110 Å².